The van der Waals surface area contributed by atoms with E-state index in [4.69, 9.17) is 4.74 Å². The third-order valence-corrected chi connectivity index (χ3v) is 5.25. The van der Waals surface area contributed by atoms with E-state index in [1.165, 1.54) is 6.07 Å². The molecular weight excluding hydrogens is 340 g/mol. The van der Waals surface area contributed by atoms with Gasteiger partial charge in [0.1, 0.15) is 5.75 Å². The number of aromatic amines is 1. The van der Waals surface area contributed by atoms with Gasteiger partial charge in [0, 0.05) is 23.5 Å². The SMILES string of the molecule is COc1ccc([C@H]2CCCCN2C(=O)c2cc(=O)[nH]c3ccccc23)cc1. The number of piperidine rings is 1. The molecule has 2 aromatic carbocycles. The number of rotatable bonds is 3. The van der Waals surface area contributed by atoms with E-state index < -0.39 is 0 Å². The highest BCUT2D eigenvalue weighted by atomic mass is 16.5. The van der Waals surface area contributed by atoms with Crippen molar-refractivity contribution in [3.63, 3.8) is 0 Å². The van der Waals surface area contributed by atoms with E-state index in [1.54, 1.807) is 7.11 Å². The molecule has 1 fully saturated rings. The Hall–Kier alpha value is -3.08. The zero-order chi connectivity index (χ0) is 18.8. The van der Waals surface area contributed by atoms with Crippen LogP contribution in [0.5, 0.6) is 5.75 Å². The number of nitrogens with zero attached hydrogens (tertiary/aromatic N) is 1. The van der Waals surface area contributed by atoms with Gasteiger partial charge in [-0.2, -0.15) is 0 Å². The number of fused-ring (bicyclic) bond motifs is 1. The van der Waals surface area contributed by atoms with Crippen LogP contribution in [0.4, 0.5) is 0 Å². The largest absolute Gasteiger partial charge is 0.497 e. The first-order valence-electron chi connectivity index (χ1n) is 9.24. The quantitative estimate of drug-likeness (QED) is 0.768. The number of nitrogens with one attached hydrogen (secondary N) is 1. The fourth-order valence-electron chi connectivity index (χ4n) is 3.88. The molecule has 1 N–H and O–H groups in total. The molecule has 1 amide bonds. The maximum atomic E-state index is 13.4. The van der Waals surface area contributed by atoms with Crippen LogP contribution >= 0.6 is 0 Å². The average Bonchev–Trinajstić information content (AvgIpc) is 2.72. The highest BCUT2D eigenvalue weighted by molar-refractivity contribution is 6.06. The van der Waals surface area contributed by atoms with Gasteiger partial charge in [0.25, 0.3) is 5.91 Å². The molecule has 0 aliphatic carbocycles. The number of hydrogen-bond acceptors (Lipinski definition) is 3. The lowest BCUT2D eigenvalue weighted by Crippen LogP contribution is -2.39. The predicted molar refractivity (Wildman–Crippen MR) is 105 cm³/mol. The number of methoxy groups -OCH3 is 1. The summed E-state index contributed by atoms with van der Waals surface area (Å²) < 4.78 is 5.24. The maximum Gasteiger partial charge on any atom is 0.255 e. The van der Waals surface area contributed by atoms with Crippen molar-refractivity contribution in [2.24, 2.45) is 0 Å². The topological polar surface area (TPSA) is 62.4 Å². The fraction of sp³-hybridized carbons (Fsp3) is 0.273. The van der Waals surface area contributed by atoms with E-state index in [9.17, 15) is 9.59 Å². The molecule has 0 spiro atoms. The Kier molecular flexibility index (Phi) is 4.67. The van der Waals surface area contributed by atoms with E-state index in [0.29, 0.717) is 17.6 Å². The Labute approximate surface area is 157 Å². The van der Waals surface area contributed by atoms with Gasteiger partial charge in [0.15, 0.2) is 0 Å². The Balaban J connectivity index is 1.74. The minimum Gasteiger partial charge on any atom is -0.497 e. The summed E-state index contributed by atoms with van der Waals surface area (Å²) >= 11 is 0. The molecule has 1 saturated heterocycles. The Morgan fingerprint density at radius 2 is 1.89 bits per heavy atom. The van der Waals surface area contributed by atoms with Crippen LogP contribution in [0.25, 0.3) is 10.9 Å². The lowest BCUT2D eigenvalue weighted by molar-refractivity contribution is 0.0613. The molecule has 5 heteroatoms. The number of para-hydroxylation sites is 1. The van der Waals surface area contributed by atoms with Crippen molar-refractivity contribution in [1.82, 2.24) is 9.88 Å². The van der Waals surface area contributed by atoms with Crippen LogP contribution in [-0.4, -0.2) is 29.4 Å². The first-order chi connectivity index (χ1) is 13.2. The molecule has 1 atom stereocenters. The number of hydrogen-bond donors (Lipinski definition) is 1. The predicted octanol–water partition coefficient (Wildman–Crippen LogP) is 3.90. The van der Waals surface area contributed by atoms with E-state index in [-0.39, 0.29) is 17.5 Å². The van der Waals surface area contributed by atoms with Crippen molar-refractivity contribution in [3.8, 4) is 5.75 Å². The summed E-state index contributed by atoms with van der Waals surface area (Å²) in [5.41, 5.74) is 1.99. The van der Waals surface area contributed by atoms with Crippen LogP contribution in [0.1, 0.15) is 41.2 Å². The van der Waals surface area contributed by atoms with Crippen molar-refractivity contribution in [1.29, 1.82) is 0 Å². The second-order valence-electron chi connectivity index (χ2n) is 6.88. The number of aromatic nitrogens is 1. The molecule has 5 nitrogen and oxygen atoms in total. The van der Waals surface area contributed by atoms with Gasteiger partial charge in [-0.05, 0) is 43.0 Å². The van der Waals surface area contributed by atoms with Crippen LogP contribution in [0.15, 0.2) is 59.4 Å². The number of carbonyl (C=O) groups is 1. The third kappa shape index (κ3) is 3.33. The standard InChI is InChI=1S/C22H22N2O3/c1-27-16-11-9-15(10-12-16)20-8-4-5-13-24(20)22(26)18-14-21(25)23-19-7-3-2-6-17(18)19/h2-3,6-7,9-12,14,20H,4-5,8,13H2,1H3,(H,23,25)/t20-/m1/s1. The first kappa shape index (κ1) is 17.3. The minimum atomic E-state index is -0.255. The molecule has 0 saturated carbocycles. The minimum absolute atomic E-state index is 0.00945. The number of pyridine rings is 1. The summed E-state index contributed by atoms with van der Waals surface area (Å²) in [4.78, 5) is 30.2. The molecule has 1 aliphatic heterocycles. The summed E-state index contributed by atoms with van der Waals surface area (Å²) in [6.07, 6.45) is 2.97. The summed E-state index contributed by atoms with van der Waals surface area (Å²) in [5, 5.41) is 0.779. The van der Waals surface area contributed by atoms with Gasteiger partial charge in [-0.15, -0.1) is 0 Å². The summed E-state index contributed by atoms with van der Waals surface area (Å²) in [6, 6.07) is 16.8. The molecule has 2 heterocycles. The van der Waals surface area contributed by atoms with Crippen molar-refractivity contribution in [3.05, 3.63) is 76.1 Å². The molecule has 3 aromatic rings. The highest BCUT2D eigenvalue weighted by Crippen LogP contribution is 2.33. The van der Waals surface area contributed by atoms with Gasteiger partial charge in [-0.3, -0.25) is 9.59 Å². The van der Waals surface area contributed by atoms with Crippen LogP contribution in [0.2, 0.25) is 0 Å². The molecular formula is C22H22N2O3. The van der Waals surface area contributed by atoms with E-state index in [1.807, 2.05) is 53.4 Å². The van der Waals surface area contributed by atoms with Crippen LogP contribution in [0, 0.1) is 0 Å². The smallest absolute Gasteiger partial charge is 0.255 e. The van der Waals surface area contributed by atoms with Crippen molar-refractivity contribution in [2.45, 2.75) is 25.3 Å². The number of H-pyrrole nitrogens is 1. The second-order valence-corrected chi connectivity index (χ2v) is 6.88. The monoisotopic (exact) mass is 362 g/mol. The molecule has 0 radical (unpaired) electrons. The summed E-state index contributed by atoms with van der Waals surface area (Å²) in [7, 11) is 1.64. The molecule has 27 heavy (non-hydrogen) atoms. The molecule has 0 unspecified atom stereocenters. The first-order valence-corrected chi connectivity index (χ1v) is 9.24. The number of amides is 1. The van der Waals surface area contributed by atoms with Crippen LogP contribution in [-0.2, 0) is 0 Å². The lowest BCUT2D eigenvalue weighted by Gasteiger charge is -2.36. The van der Waals surface area contributed by atoms with Gasteiger partial charge in [-0.1, -0.05) is 30.3 Å². The Morgan fingerprint density at radius 3 is 2.67 bits per heavy atom. The molecule has 4 rings (SSSR count). The van der Waals surface area contributed by atoms with E-state index >= 15 is 0 Å². The Morgan fingerprint density at radius 1 is 1.11 bits per heavy atom. The van der Waals surface area contributed by atoms with Crippen LogP contribution < -0.4 is 10.3 Å². The fourth-order valence-corrected chi connectivity index (χ4v) is 3.88. The van der Waals surface area contributed by atoms with Gasteiger partial charge in [-0.25, -0.2) is 0 Å². The summed E-state index contributed by atoms with van der Waals surface area (Å²) in [5.74, 6) is 0.714. The van der Waals surface area contributed by atoms with Crippen molar-refractivity contribution < 1.29 is 9.53 Å². The molecule has 0 bridgehead atoms. The number of benzene rings is 2. The molecule has 1 aromatic heterocycles. The average molecular weight is 362 g/mol. The van der Waals surface area contributed by atoms with Gasteiger partial charge in [0.2, 0.25) is 5.56 Å². The van der Waals surface area contributed by atoms with E-state index in [0.717, 1.165) is 36.0 Å². The van der Waals surface area contributed by atoms with Crippen LogP contribution in [0.3, 0.4) is 0 Å². The molecule has 138 valence electrons. The zero-order valence-corrected chi connectivity index (χ0v) is 15.3. The maximum absolute atomic E-state index is 13.4. The van der Waals surface area contributed by atoms with Gasteiger partial charge in [0.05, 0.1) is 18.7 Å². The number of carbonyl (C=O) groups excluding carboxylic acids is 1. The number of ether oxygens (including phenoxy) is 1. The second kappa shape index (κ2) is 7.27. The van der Waals surface area contributed by atoms with Crippen molar-refractivity contribution in [2.75, 3.05) is 13.7 Å². The number of likely N-dealkylation sites (tertiary alicyclic amines) is 1. The van der Waals surface area contributed by atoms with Gasteiger partial charge >= 0.3 is 0 Å². The van der Waals surface area contributed by atoms with E-state index in [2.05, 4.69) is 4.98 Å². The van der Waals surface area contributed by atoms with Gasteiger partial charge < -0.3 is 14.6 Å². The lowest BCUT2D eigenvalue weighted by atomic mass is 9.94. The third-order valence-electron chi connectivity index (χ3n) is 5.25. The summed E-state index contributed by atoms with van der Waals surface area (Å²) in [6.45, 7) is 0.691. The zero-order valence-electron chi connectivity index (χ0n) is 15.3. The van der Waals surface area contributed by atoms with Crippen molar-refractivity contribution >= 4 is 16.8 Å². The highest BCUT2D eigenvalue weighted by Gasteiger charge is 2.29. The molecule has 1 aliphatic rings. The Bertz CT molecular complexity index is 1020. The normalized spacial score (nSPS) is 17.1.